The van der Waals surface area contributed by atoms with E-state index in [0.717, 1.165) is 17.5 Å². The fourth-order valence-corrected chi connectivity index (χ4v) is 2.71. The molecule has 1 rings (SSSR count). The number of hydrogen-bond donors (Lipinski definition) is 1. The second-order valence-corrected chi connectivity index (χ2v) is 6.82. The van der Waals surface area contributed by atoms with Crippen LogP contribution in [-0.2, 0) is 16.1 Å². The Balaban J connectivity index is 2.97. The number of carbonyl (C=O) groups is 2. The quantitative estimate of drug-likeness (QED) is 0.750. The molecule has 4 heteroatoms. The largest absolute Gasteiger partial charge is 0.354 e. The van der Waals surface area contributed by atoms with Gasteiger partial charge in [0.2, 0.25) is 11.8 Å². The third-order valence-electron chi connectivity index (χ3n) is 3.97. The average molecular weight is 332 g/mol. The fourth-order valence-electron chi connectivity index (χ4n) is 2.71. The van der Waals surface area contributed by atoms with Crippen LogP contribution in [0.15, 0.2) is 24.3 Å². The van der Waals surface area contributed by atoms with Crippen molar-refractivity contribution in [1.82, 2.24) is 10.2 Å². The van der Waals surface area contributed by atoms with Crippen LogP contribution in [0.1, 0.15) is 58.1 Å². The van der Waals surface area contributed by atoms with Gasteiger partial charge in [-0.2, -0.15) is 0 Å². The van der Waals surface area contributed by atoms with Crippen molar-refractivity contribution >= 4 is 11.8 Å². The van der Waals surface area contributed by atoms with E-state index in [4.69, 9.17) is 0 Å². The lowest BCUT2D eigenvalue weighted by atomic mass is 10.1. The molecule has 1 aromatic carbocycles. The van der Waals surface area contributed by atoms with Gasteiger partial charge in [-0.3, -0.25) is 9.59 Å². The molecule has 0 heterocycles. The van der Waals surface area contributed by atoms with E-state index in [1.165, 1.54) is 0 Å². The Hall–Kier alpha value is -1.84. The van der Waals surface area contributed by atoms with Crippen molar-refractivity contribution in [3.63, 3.8) is 0 Å². The number of aryl methyl sites for hydroxylation is 1. The van der Waals surface area contributed by atoms with Crippen LogP contribution in [0, 0.1) is 12.8 Å². The number of hydrogen-bond acceptors (Lipinski definition) is 2. The van der Waals surface area contributed by atoms with Gasteiger partial charge in [0, 0.05) is 19.5 Å². The van der Waals surface area contributed by atoms with Gasteiger partial charge in [0.05, 0.1) is 0 Å². The van der Waals surface area contributed by atoms with E-state index in [0.29, 0.717) is 31.8 Å². The van der Waals surface area contributed by atoms with Gasteiger partial charge in [-0.15, -0.1) is 0 Å². The van der Waals surface area contributed by atoms with Crippen molar-refractivity contribution in [3.05, 3.63) is 35.4 Å². The van der Waals surface area contributed by atoms with Crippen molar-refractivity contribution in [2.75, 3.05) is 6.54 Å². The Morgan fingerprint density at radius 1 is 1.21 bits per heavy atom. The smallest absolute Gasteiger partial charge is 0.242 e. The van der Waals surface area contributed by atoms with Gasteiger partial charge < -0.3 is 10.2 Å². The van der Waals surface area contributed by atoms with Gasteiger partial charge in [-0.05, 0) is 31.2 Å². The minimum absolute atomic E-state index is 0.0468. The summed E-state index contributed by atoms with van der Waals surface area (Å²) in [6.45, 7) is 11.2. The molecule has 1 aromatic rings. The van der Waals surface area contributed by atoms with Crippen LogP contribution < -0.4 is 5.32 Å². The van der Waals surface area contributed by atoms with E-state index < -0.39 is 6.04 Å². The molecule has 0 saturated heterocycles. The molecule has 0 aliphatic carbocycles. The first-order valence-corrected chi connectivity index (χ1v) is 9.01. The van der Waals surface area contributed by atoms with E-state index >= 15 is 0 Å². The Bertz CT molecular complexity index is 540. The Kier molecular flexibility index (Phi) is 8.51. The molecule has 0 radical (unpaired) electrons. The van der Waals surface area contributed by atoms with Crippen LogP contribution in [0.25, 0.3) is 0 Å². The summed E-state index contributed by atoms with van der Waals surface area (Å²) < 4.78 is 0. The first-order chi connectivity index (χ1) is 11.4. The minimum Gasteiger partial charge on any atom is -0.354 e. The van der Waals surface area contributed by atoms with Crippen LogP contribution in [0.2, 0.25) is 0 Å². The minimum atomic E-state index is -0.414. The molecule has 4 nitrogen and oxygen atoms in total. The summed E-state index contributed by atoms with van der Waals surface area (Å²) in [4.78, 5) is 26.9. The molecule has 0 aromatic heterocycles. The monoisotopic (exact) mass is 332 g/mol. The van der Waals surface area contributed by atoms with E-state index in [9.17, 15) is 9.59 Å². The number of amides is 2. The van der Waals surface area contributed by atoms with Crippen LogP contribution in [-0.4, -0.2) is 29.3 Å². The molecular formula is C20H32N2O2. The molecule has 0 bridgehead atoms. The first-order valence-electron chi connectivity index (χ1n) is 9.01. The Labute approximate surface area is 146 Å². The summed E-state index contributed by atoms with van der Waals surface area (Å²) in [5.41, 5.74) is 2.22. The number of benzene rings is 1. The van der Waals surface area contributed by atoms with Crippen molar-refractivity contribution in [2.45, 2.75) is 66.5 Å². The van der Waals surface area contributed by atoms with Crippen LogP contribution >= 0.6 is 0 Å². The van der Waals surface area contributed by atoms with Crippen molar-refractivity contribution in [2.24, 2.45) is 5.92 Å². The highest BCUT2D eigenvalue weighted by Crippen LogP contribution is 2.15. The zero-order valence-electron chi connectivity index (χ0n) is 15.8. The molecule has 0 unspecified atom stereocenters. The summed E-state index contributed by atoms with van der Waals surface area (Å²) in [5, 5.41) is 2.97. The number of nitrogens with one attached hydrogen (secondary N) is 1. The molecule has 1 atom stereocenters. The maximum absolute atomic E-state index is 12.6. The lowest BCUT2D eigenvalue weighted by Crippen LogP contribution is -2.49. The van der Waals surface area contributed by atoms with Crippen LogP contribution in [0.3, 0.4) is 0 Å². The van der Waals surface area contributed by atoms with E-state index in [2.05, 4.69) is 25.2 Å². The predicted molar refractivity (Wildman–Crippen MR) is 98.6 cm³/mol. The van der Waals surface area contributed by atoms with Gasteiger partial charge in [0.15, 0.2) is 0 Å². The lowest BCUT2D eigenvalue weighted by molar-refractivity contribution is -0.141. The van der Waals surface area contributed by atoms with Gasteiger partial charge in [-0.25, -0.2) is 0 Å². The number of rotatable bonds is 9. The second-order valence-electron chi connectivity index (χ2n) is 6.82. The average Bonchev–Trinajstić information content (AvgIpc) is 2.53. The zero-order valence-corrected chi connectivity index (χ0v) is 15.8. The highest BCUT2D eigenvalue weighted by atomic mass is 16.2. The highest BCUT2D eigenvalue weighted by molar-refractivity contribution is 5.87. The maximum atomic E-state index is 12.6. The van der Waals surface area contributed by atoms with Gasteiger partial charge in [0.1, 0.15) is 6.04 Å². The van der Waals surface area contributed by atoms with Crippen molar-refractivity contribution in [3.8, 4) is 0 Å². The van der Waals surface area contributed by atoms with Crippen LogP contribution in [0.4, 0.5) is 0 Å². The molecular weight excluding hydrogens is 300 g/mol. The molecule has 2 amide bonds. The number of nitrogens with zero attached hydrogens (tertiary/aromatic N) is 1. The maximum Gasteiger partial charge on any atom is 0.242 e. The Morgan fingerprint density at radius 2 is 1.92 bits per heavy atom. The summed E-state index contributed by atoms with van der Waals surface area (Å²) >= 11 is 0. The summed E-state index contributed by atoms with van der Waals surface area (Å²) in [7, 11) is 0. The van der Waals surface area contributed by atoms with Crippen molar-refractivity contribution < 1.29 is 9.59 Å². The summed E-state index contributed by atoms with van der Waals surface area (Å²) in [6, 6.07) is 7.70. The third-order valence-corrected chi connectivity index (χ3v) is 3.97. The lowest BCUT2D eigenvalue weighted by Gasteiger charge is -2.31. The Morgan fingerprint density at radius 3 is 2.46 bits per heavy atom. The molecule has 0 saturated carbocycles. The zero-order chi connectivity index (χ0) is 18.1. The number of carbonyl (C=O) groups excluding carboxylic acids is 2. The van der Waals surface area contributed by atoms with Crippen molar-refractivity contribution in [1.29, 1.82) is 0 Å². The predicted octanol–water partition coefficient (Wildman–Crippen LogP) is 3.67. The van der Waals surface area contributed by atoms with Gasteiger partial charge >= 0.3 is 0 Å². The molecule has 0 aliphatic heterocycles. The highest BCUT2D eigenvalue weighted by Gasteiger charge is 2.28. The summed E-state index contributed by atoms with van der Waals surface area (Å²) in [5.74, 6) is 0.386. The van der Waals surface area contributed by atoms with Crippen LogP contribution in [0.5, 0.6) is 0 Å². The molecule has 134 valence electrons. The SMILES string of the molecule is CCCC(=O)N(Cc1cccc(C)c1)[C@H](CC)C(=O)NCC(C)C. The van der Waals surface area contributed by atoms with E-state index in [-0.39, 0.29) is 11.8 Å². The fraction of sp³-hybridized carbons (Fsp3) is 0.600. The molecule has 0 fully saturated rings. The topological polar surface area (TPSA) is 49.4 Å². The normalized spacial score (nSPS) is 12.1. The van der Waals surface area contributed by atoms with Gasteiger partial charge in [-0.1, -0.05) is 57.5 Å². The standard InChI is InChI=1S/C20H32N2O2/c1-6-9-19(23)22(14-17-11-8-10-16(5)12-17)18(7-2)20(24)21-13-15(3)4/h8,10-12,15,18H,6-7,9,13-14H2,1-5H3,(H,21,24)/t18-/m1/s1. The third kappa shape index (κ3) is 6.34. The van der Waals surface area contributed by atoms with E-state index in [1.54, 1.807) is 4.90 Å². The summed E-state index contributed by atoms with van der Waals surface area (Å²) in [6.07, 6.45) is 1.87. The second kappa shape index (κ2) is 10.1. The molecule has 24 heavy (non-hydrogen) atoms. The van der Waals surface area contributed by atoms with E-state index in [1.807, 2.05) is 39.0 Å². The molecule has 0 aliphatic rings. The molecule has 0 spiro atoms. The molecule has 1 N–H and O–H groups in total. The first kappa shape index (κ1) is 20.2. The van der Waals surface area contributed by atoms with Gasteiger partial charge in [0.25, 0.3) is 0 Å².